The molecule has 4 nitrogen and oxygen atoms in total. The first-order chi connectivity index (χ1) is 13.7. The van der Waals surface area contributed by atoms with Crippen molar-refractivity contribution < 1.29 is 14.3 Å². The Labute approximate surface area is 169 Å². The van der Waals surface area contributed by atoms with Crippen molar-refractivity contribution in [1.82, 2.24) is 5.32 Å². The maximum absolute atomic E-state index is 12.2. The summed E-state index contributed by atoms with van der Waals surface area (Å²) in [6.45, 7) is 0.775. The molecule has 1 aliphatic rings. The number of ether oxygens (including phenoxy) is 2. The SMILES string of the molecule is O=C(CCc1ccc2c(c1)OCO2)NCc1ccc(-c2ccc(Cl)cc2)cc1. The fraction of sp³-hybridized carbons (Fsp3) is 0.174. The van der Waals surface area contributed by atoms with Gasteiger partial charge in [0.25, 0.3) is 0 Å². The molecule has 0 bridgehead atoms. The molecule has 1 aliphatic heterocycles. The van der Waals surface area contributed by atoms with Gasteiger partial charge in [-0.3, -0.25) is 4.79 Å². The fourth-order valence-electron chi connectivity index (χ4n) is 3.10. The second-order valence-corrected chi connectivity index (χ2v) is 7.10. The Hall–Kier alpha value is -2.98. The molecule has 1 amide bonds. The van der Waals surface area contributed by atoms with E-state index in [-0.39, 0.29) is 12.7 Å². The highest BCUT2D eigenvalue weighted by atomic mass is 35.5. The van der Waals surface area contributed by atoms with Gasteiger partial charge >= 0.3 is 0 Å². The molecule has 4 rings (SSSR count). The Morgan fingerprint density at radius 3 is 2.25 bits per heavy atom. The number of fused-ring (bicyclic) bond motifs is 1. The molecule has 5 heteroatoms. The van der Waals surface area contributed by atoms with Crippen LogP contribution < -0.4 is 14.8 Å². The smallest absolute Gasteiger partial charge is 0.231 e. The van der Waals surface area contributed by atoms with Gasteiger partial charge in [-0.15, -0.1) is 0 Å². The molecule has 0 atom stereocenters. The molecule has 0 spiro atoms. The molecule has 0 saturated carbocycles. The van der Waals surface area contributed by atoms with Crippen molar-refractivity contribution in [2.45, 2.75) is 19.4 Å². The van der Waals surface area contributed by atoms with Crippen molar-refractivity contribution in [3.63, 3.8) is 0 Å². The summed E-state index contributed by atoms with van der Waals surface area (Å²) in [5.41, 5.74) is 4.36. The Kier molecular flexibility index (Phi) is 5.49. The standard InChI is InChI=1S/C23H20ClNO3/c24-20-9-7-19(8-10-20)18-5-1-17(2-6-18)14-25-23(26)12-4-16-3-11-21-22(13-16)28-15-27-21/h1-3,5-11,13H,4,12,14-15H2,(H,25,26). The zero-order valence-corrected chi connectivity index (χ0v) is 16.0. The molecule has 1 N–H and O–H groups in total. The van der Waals surface area contributed by atoms with Crippen molar-refractivity contribution in [1.29, 1.82) is 0 Å². The van der Waals surface area contributed by atoms with E-state index in [1.165, 1.54) is 0 Å². The van der Waals surface area contributed by atoms with Crippen LogP contribution in [0.4, 0.5) is 0 Å². The summed E-state index contributed by atoms with van der Waals surface area (Å²) in [4.78, 5) is 12.2. The summed E-state index contributed by atoms with van der Waals surface area (Å²) < 4.78 is 10.7. The number of hydrogen-bond acceptors (Lipinski definition) is 3. The third-order valence-electron chi connectivity index (χ3n) is 4.70. The first-order valence-corrected chi connectivity index (χ1v) is 9.55. The van der Waals surface area contributed by atoms with Crippen LogP contribution in [0.3, 0.4) is 0 Å². The van der Waals surface area contributed by atoms with Crippen LogP contribution in [0.1, 0.15) is 17.5 Å². The molecule has 0 aliphatic carbocycles. The summed E-state index contributed by atoms with van der Waals surface area (Å²) in [5, 5.41) is 3.70. The predicted molar refractivity (Wildman–Crippen MR) is 110 cm³/mol. The van der Waals surface area contributed by atoms with Gasteiger partial charge in [-0.1, -0.05) is 54.1 Å². The van der Waals surface area contributed by atoms with E-state index >= 15 is 0 Å². The number of carbonyl (C=O) groups excluding carboxylic acids is 1. The third kappa shape index (κ3) is 4.46. The van der Waals surface area contributed by atoms with Crippen molar-refractivity contribution in [3.8, 4) is 22.6 Å². The molecule has 0 aromatic heterocycles. The number of rotatable bonds is 6. The predicted octanol–water partition coefficient (Wildman–Crippen LogP) is 4.98. The molecule has 28 heavy (non-hydrogen) atoms. The van der Waals surface area contributed by atoms with Gasteiger partial charge in [-0.2, -0.15) is 0 Å². The summed E-state index contributed by atoms with van der Waals surface area (Å²) >= 11 is 5.93. The van der Waals surface area contributed by atoms with Gasteiger partial charge in [-0.05, 0) is 52.9 Å². The van der Waals surface area contributed by atoms with Gasteiger partial charge in [0.2, 0.25) is 12.7 Å². The average molecular weight is 394 g/mol. The van der Waals surface area contributed by atoms with E-state index in [0.717, 1.165) is 38.8 Å². The summed E-state index contributed by atoms with van der Waals surface area (Å²) in [7, 11) is 0. The zero-order valence-electron chi connectivity index (χ0n) is 15.3. The van der Waals surface area contributed by atoms with Crippen LogP contribution in [-0.2, 0) is 17.8 Å². The lowest BCUT2D eigenvalue weighted by molar-refractivity contribution is -0.121. The largest absolute Gasteiger partial charge is 0.454 e. The molecular formula is C23H20ClNO3. The quantitative estimate of drug-likeness (QED) is 0.642. The molecule has 3 aromatic rings. The topological polar surface area (TPSA) is 47.6 Å². The molecule has 0 radical (unpaired) electrons. The van der Waals surface area contributed by atoms with Crippen LogP contribution in [0.15, 0.2) is 66.7 Å². The number of aryl methyl sites for hydroxylation is 1. The van der Waals surface area contributed by atoms with E-state index in [9.17, 15) is 4.79 Å². The third-order valence-corrected chi connectivity index (χ3v) is 4.95. The molecule has 142 valence electrons. The van der Waals surface area contributed by atoms with Crippen LogP contribution in [-0.4, -0.2) is 12.7 Å². The van der Waals surface area contributed by atoms with Crippen molar-refractivity contribution in [2.24, 2.45) is 0 Å². The van der Waals surface area contributed by atoms with E-state index in [4.69, 9.17) is 21.1 Å². The van der Waals surface area contributed by atoms with Crippen molar-refractivity contribution in [2.75, 3.05) is 6.79 Å². The van der Waals surface area contributed by atoms with E-state index in [1.807, 2.05) is 54.6 Å². The molecule has 0 saturated heterocycles. The molecule has 0 unspecified atom stereocenters. The van der Waals surface area contributed by atoms with Crippen LogP contribution >= 0.6 is 11.6 Å². The number of nitrogens with one attached hydrogen (secondary N) is 1. The van der Waals surface area contributed by atoms with Gasteiger partial charge in [0.1, 0.15) is 0 Å². The number of hydrogen-bond donors (Lipinski definition) is 1. The number of benzene rings is 3. The van der Waals surface area contributed by atoms with Crippen molar-refractivity contribution >= 4 is 17.5 Å². The molecular weight excluding hydrogens is 374 g/mol. The fourth-order valence-corrected chi connectivity index (χ4v) is 3.23. The average Bonchev–Trinajstić information content (AvgIpc) is 3.19. The van der Waals surface area contributed by atoms with Gasteiger partial charge in [0.15, 0.2) is 11.5 Å². The van der Waals surface area contributed by atoms with Gasteiger partial charge < -0.3 is 14.8 Å². The van der Waals surface area contributed by atoms with E-state index in [2.05, 4.69) is 17.4 Å². The monoisotopic (exact) mass is 393 g/mol. The van der Waals surface area contributed by atoms with Crippen LogP contribution in [0.2, 0.25) is 5.02 Å². The minimum atomic E-state index is 0.0273. The van der Waals surface area contributed by atoms with Crippen LogP contribution in [0.5, 0.6) is 11.5 Å². The van der Waals surface area contributed by atoms with Gasteiger partial charge in [-0.25, -0.2) is 0 Å². The number of carbonyl (C=O) groups is 1. The molecule has 0 fully saturated rings. The van der Waals surface area contributed by atoms with Gasteiger partial charge in [0, 0.05) is 18.0 Å². The van der Waals surface area contributed by atoms with E-state index in [1.54, 1.807) is 0 Å². The summed E-state index contributed by atoms with van der Waals surface area (Å²) in [6, 6.07) is 21.7. The first-order valence-electron chi connectivity index (χ1n) is 9.17. The lowest BCUT2D eigenvalue weighted by atomic mass is 10.0. The van der Waals surface area contributed by atoms with Crippen molar-refractivity contribution in [3.05, 3.63) is 82.9 Å². The Morgan fingerprint density at radius 1 is 0.857 bits per heavy atom. The lowest BCUT2D eigenvalue weighted by Gasteiger charge is -2.08. The highest BCUT2D eigenvalue weighted by Crippen LogP contribution is 2.32. The molecule has 1 heterocycles. The minimum absolute atomic E-state index is 0.0273. The number of halogens is 1. The lowest BCUT2D eigenvalue weighted by Crippen LogP contribution is -2.22. The number of amides is 1. The Bertz CT molecular complexity index is 968. The first kappa shape index (κ1) is 18.4. The van der Waals surface area contributed by atoms with E-state index < -0.39 is 0 Å². The Morgan fingerprint density at radius 2 is 1.50 bits per heavy atom. The maximum atomic E-state index is 12.2. The summed E-state index contributed by atoms with van der Waals surface area (Å²) in [5.74, 6) is 1.54. The second-order valence-electron chi connectivity index (χ2n) is 6.67. The zero-order chi connectivity index (χ0) is 19.3. The van der Waals surface area contributed by atoms with E-state index in [0.29, 0.717) is 19.4 Å². The highest BCUT2D eigenvalue weighted by molar-refractivity contribution is 6.30. The van der Waals surface area contributed by atoms with Crippen LogP contribution in [0.25, 0.3) is 11.1 Å². The summed E-state index contributed by atoms with van der Waals surface area (Å²) in [6.07, 6.45) is 1.10. The maximum Gasteiger partial charge on any atom is 0.231 e. The van der Waals surface area contributed by atoms with Gasteiger partial charge in [0.05, 0.1) is 0 Å². The Balaban J connectivity index is 1.27. The minimum Gasteiger partial charge on any atom is -0.454 e. The second kappa shape index (κ2) is 8.36. The normalized spacial score (nSPS) is 12.0. The van der Waals surface area contributed by atoms with Crippen LogP contribution in [0, 0.1) is 0 Å². The molecule has 3 aromatic carbocycles. The highest BCUT2D eigenvalue weighted by Gasteiger charge is 2.13.